The summed E-state index contributed by atoms with van der Waals surface area (Å²) in [7, 11) is 0. The van der Waals surface area contributed by atoms with Crippen LogP contribution >= 0.6 is 27.3 Å². The standard InChI is InChI=1S/C14H15BrFNOS/c1-2-17-8-11-4-5-12(19-11)9-18-14-7-10(15)3-6-13(14)16/h3-7,17H,2,8-9H2,1H3. The molecule has 2 nitrogen and oxygen atoms in total. The molecule has 1 heterocycles. The van der Waals surface area contributed by atoms with Crippen molar-refractivity contribution in [2.24, 2.45) is 0 Å². The van der Waals surface area contributed by atoms with Crippen LogP contribution < -0.4 is 10.1 Å². The van der Waals surface area contributed by atoms with Gasteiger partial charge < -0.3 is 10.1 Å². The highest BCUT2D eigenvalue weighted by molar-refractivity contribution is 9.10. The Morgan fingerprint density at radius 3 is 2.84 bits per heavy atom. The van der Waals surface area contributed by atoms with Crippen molar-refractivity contribution >= 4 is 27.3 Å². The fourth-order valence-corrected chi connectivity index (χ4v) is 2.82. The first-order valence-corrected chi connectivity index (χ1v) is 7.66. The predicted molar refractivity (Wildman–Crippen MR) is 80.1 cm³/mol. The van der Waals surface area contributed by atoms with Crippen molar-refractivity contribution in [1.29, 1.82) is 0 Å². The summed E-state index contributed by atoms with van der Waals surface area (Å²) >= 11 is 4.98. The second-order valence-electron chi connectivity index (χ2n) is 4.01. The van der Waals surface area contributed by atoms with Gasteiger partial charge in [0, 0.05) is 20.8 Å². The SMILES string of the molecule is CCNCc1ccc(COc2cc(Br)ccc2F)s1. The molecule has 0 aliphatic rings. The fourth-order valence-electron chi connectivity index (χ4n) is 1.58. The van der Waals surface area contributed by atoms with Crippen molar-refractivity contribution in [3.8, 4) is 5.75 Å². The first kappa shape index (κ1) is 14.5. The number of rotatable bonds is 6. The molecule has 1 aromatic carbocycles. The number of halogens is 2. The highest BCUT2D eigenvalue weighted by atomic mass is 79.9. The molecule has 0 fully saturated rings. The molecule has 1 aromatic heterocycles. The number of hydrogen-bond acceptors (Lipinski definition) is 3. The minimum Gasteiger partial charge on any atom is -0.485 e. The molecule has 0 bridgehead atoms. The average Bonchev–Trinajstić information content (AvgIpc) is 2.85. The van der Waals surface area contributed by atoms with Gasteiger partial charge in [-0.3, -0.25) is 0 Å². The van der Waals surface area contributed by atoms with Gasteiger partial charge in [-0.25, -0.2) is 4.39 Å². The zero-order valence-electron chi connectivity index (χ0n) is 10.6. The summed E-state index contributed by atoms with van der Waals surface area (Å²) in [6, 6.07) is 8.78. The first-order valence-electron chi connectivity index (χ1n) is 6.05. The number of benzene rings is 1. The number of ether oxygens (including phenoxy) is 1. The van der Waals surface area contributed by atoms with Crippen molar-refractivity contribution in [1.82, 2.24) is 5.32 Å². The molecule has 0 saturated heterocycles. The highest BCUT2D eigenvalue weighted by Crippen LogP contribution is 2.24. The van der Waals surface area contributed by atoms with Gasteiger partial charge in [-0.2, -0.15) is 0 Å². The Hall–Kier alpha value is -0.910. The minimum absolute atomic E-state index is 0.274. The molecule has 2 rings (SSSR count). The van der Waals surface area contributed by atoms with E-state index in [2.05, 4.69) is 34.2 Å². The molecule has 1 N–H and O–H groups in total. The molecular weight excluding hydrogens is 329 g/mol. The third-order valence-corrected chi connectivity index (χ3v) is 4.08. The summed E-state index contributed by atoms with van der Waals surface area (Å²) in [4.78, 5) is 2.35. The lowest BCUT2D eigenvalue weighted by Gasteiger charge is -2.06. The highest BCUT2D eigenvalue weighted by Gasteiger charge is 2.06. The second kappa shape index (κ2) is 7.03. The topological polar surface area (TPSA) is 21.3 Å². The molecular formula is C14H15BrFNOS. The third-order valence-electron chi connectivity index (χ3n) is 2.53. The van der Waals surface area contributed by atoms with E-state index in [1.165, 1.54) is 10.9 Å². The summed E-state index contributed by atoms with van der Waals surface area (Å²) < 4.78 is 19.8. The Bertz CT molecular complexity index is 544. The molecule has 102 valence electrons. The molecule has 2 aromatic rings. The van der Waals surface area contributed by atoms with E-state index in [-0.39, 0.29) is 11.6 Å². The molecule has 0 amide bonds. The van der Waals surface area contributed by atoms with Gasteiger partial charge in [0.05, 0.1) is 0 Å². The van der Waals surface area contributed by atoms with Crippen LogP contribution in [0.3, 0.4) is 0 Å². The molecule has 0 unspecified atom stereocenters. The molecule has 0 spiro atoms. The van der Waals surface area contributed by atoms with E-state index >= 15 is 0 Å². The van der Waals surface area contributed by atoms with Crippen molar-refractivity contribution in [3.05, 3.63) is 50.4 Å². The fraction of sp³-hybridized carbons (Fsp3) is 0.286. The number of thiophene rings is 1. The van der Waals surface area contributed by atoms with Gasteiger partial charge in [-0.1, -0.05) is 22.9 Å². The van der Waals surface area contributed by atoms with Gasteiger partial charge in [0.15, 0.2) is 11.6 Å². The summed E-state index contributed by atoms with van der Waals surface area (Å²) in [6.07, 6.45) is 0. The Balaban J connectivity index is 1.94. The van der Waals surface area contributed by atoms with Crippen molar-refractivity contribution in [2.45, 2.75) is 20.1 Å². The normalized spacial score (nSPS) is 10.7. The van der Waals surface area contributed by atoms with Crippen LogP contribution in [0.1, 0.15) is 16.7 Å². The van der Waals surface area contributed by atoms with Gasteiger partial charge in [-0.15, -0.1) is 11.3 Å². The van der Waals surface area contributed by atoms with E-state index in [0.29, 0.717) is 6.61 Å². The zero-order valence-corrected chi connectivity index (χ0v) is 13.0. The lowest BCUT2D eigenvalue weighted by atomic mass is 10.3. The zero-order chi connectivity index (χ0) is 13.7. The van der Waals surface area contributed by atoms with Gasteiger partial charge in [0.25, 0.3) is 0 Å². The maximum Gasteiger partial charge on any atom is 0.165 e. The predicted octanol–water partition coefficient (Wildman–Crippen LogP) is 4.34. The quantitative estimate of drug-likeness (QED) is 0.842. The van der Waals surface area contributed by atoms with Crippen molar-refractivity contribution in [3.63, 3.8) is 0 Å². The van der Waals surface area contributed by atoms with Crippen LogP contribution in [-0.4, -0.2) is 6.54 Å². The monoisotopic (exact) mass is 343 g/mol. The Morgan fingerprint density at radius 1 is 1.26 bits per heavy atom. The average molecular weight is 344 g/mol. The van der Waals surface area contributed by atoms with Crippen LogP contribution in [0.25, 0.3) is 0 Å². The van der Waals surface area contributed by atoms with Crippen LogP contribution in [0.5, 0.6) is 5.75 Å². The molecule has 0 atom stereocenters. The van der Waals surface area contributed by atoms with Crippen LogP contribution in [-0.2, 0) is 13.2 Å². The minimum atomic E-state index is -0.340. The molecule has 19 heavy (non-hydrogen) atoms. The van der Waals surface area contributed by atoms with Crippen molar-refractivity contribution < 1.29 is 9.13 Å². The summed E-state index contributed by atoms with van der Waals surface area (Å²) in [5, 5.41) is 3.27. The molecule has 0 aliphatic carbocycles. The Morgan fingerprint density at radius 2 is 2.05 bits per heavy atom. The van der Waals surface area contributed by atoms with Gasteiger partial charge in [0.2, 0.25) is 0 Å². The van der Waals surface area contributed by atoms with E-state index < -0.39 is 0 Å². The summed E-state index contributed by atoms with van der Waals surface area (Å²) in [5.41, 5.74) is 0. The van der Waals surface area contributed by atoms with Gasteiger partial charge in [-0.05, 0) is 36.9 Å². The maximum atomic E-state index is 13.5. The van der Waals surface area contributed by atoms with Gasteiger partial charge >= 0.3 is 0 Å². The molecule has 5 heteroatoms. The molecule has 0 radical (unpaired) electrons. The van der Waals surface area contributed by atoms with Crippen LogP contribution in [0.15, 0.2) is 34.8 Å². The lowest BCUT2D eigenvalue weighted by molar-refractivity contribution is 0.293. The van der Waals surface area contributed by atoms with Gasteiger partial charge in [0.1, 0.15) is 6.61 Å². The number of nitrogens with one attached hydrogen (secondary N) is 1. The number of hydrogen-bond donors (Lipinski definition) is 1. The summed E-state index contributed by atoms with van der Waals surface area (Å²) in [5.74, 6) is -0.0661. The largest absolute Gasteiger partial charge is 0.485 e. The third kappa shape index (κ3) is 4.30. The Kier molecular flexibility index (Phi) is 5.36. The lowest BCUT2D eigenvalue weighted by Crippen LogP contribution is -2.10. The molecule has 0 saturated carbocycles. The van der Waals surface area contributed by atoms with E-state index in [1.807, 2.05) is 6.07 Å². The first-order chi connectivity index (χ1) is 9.19. The second-order valence-corrected chi connectivity index (χ2v) is 6.18. The van der Waals surface area contributed by atoms with Crippen LogP contribution in [0.2, 0.25) is 0 Å². The van der Waals surface area contributed by atoms with E-state index in [9.17, 15) is 4.39 Å². The van der Waals surface area contributed by atoms with E-state index in [1.54, 1.807) is 23.5 Å². The van der Waals surface area contributed by atoms with E-state index in [4.69, 9.17) is 4.74 Å². The van der Waals surface area contributed by atoms with Crippen LogP contribution in [0.4, 0.5) is 4.39 Å². The molecule has 0 aliphatic heterocycles. The Labute approximate surface area is 124 Å². The van der Waals surface area contributed by atoms with Crippen molar-refractivity contribution in [2.75, 3.05) is 6.54 Å². The van der Waals surface area contributed by atoms with E-state index in [0.717, 1.165) is 22.4 Å². The smallest absolute Gasteiger partial charge is 0.165 e. The maximum absolute atomic E-state index is 13.5. The summed E-state index contributed by atoms with van der Waals surface area (Å²) in [6.45, 7) is 4.29. The van der Waals surface area contributed by atoms with Crippen LogP contribution in [0, 0.1) is 5.82 Å².